The fraction of sp³-hybridized carbons (Fsp3) is 0.474. The largest absolute Gasteiger partial charge is 0.488 e. The molecule has 0 aliphatic heterocycles. The molecule has 1 saturated carbocycles. The molecule has 1 aliphatic rings. The van der Waals surface area contributed by atoms with E-state index < -0.39 is 0 Å². The van der Waals surface area contributed by atoms with Crippen LogP contribution in [0, 0.1) is 22.2 Å². The minimum atomic E-state index is -0.111. The van der Waals surface area contributed by atoms with Crippen LogP contribution in [0.15, 0.2) is 29.2 Å². The van der Waals surface area contributed by atoms with Crippen molar-refractivity contribution in [3.63, 3.8) is 0 Å². The zero-order valence-corrected chi connectivity index (χ0v) is 14.3. The third-order valence-corrected chi connectivity index (χ3v) is 4.88. The summed E-state index contributed by atoms with van der Waals surface area (Å²) in [4.78, 5) is 12.4. The first-order valence-corrected chi connectivity index (χ1v) is 7.86. The van der Waals surface area contributed by atoms with E-state index in [-0.39, 0.29) is 22.4 Å². The van der Waals surface area contributed by atoms with Gasteiger partial charge in [0.05, 0.1) is 16.5 Å². The van der Waals surface area contributed by atoms with E-state index in [9.17, 15) is 10.1 Å². The van der Waals surface area contributed by atoms with Gasteiger partial charge in [-0.3, -0.25) is 4.79 Å². The summed E-state index contributed by atoms with van der Waals surface area (Å²) >= 11 is 0. The first-order chi connectivity index (χ1) is 10.7. The van der Waals surface area contributed by atoms with E-state index in [2.05, 4.69) is 33.8 Å². The van der Waals surface area contributed by atoms with Crippen molar-refractivity contribution in [3.8, 4) is 11.8 Å². The Balaban J connectivity index is 2.19. The molecule has 1 fully saturated rings. The lowest BCUT2D eigenvalue weighted by Gasteiger charge is -2.56. The number of benzene rings is 1. The molecule has 0 spiro atoms. The summed E-state index contributed by atoms with van der Waals surface area (Å²) in [5.74, 6) is 0.575. The summed E-state index contributed by atoms with van der Waals surface area (Å²) in [7, 11) is 1.84. The average Bonchev–Trinajstić information content (AvgIpc) is 2.46. The molecule has 23 heavy (non-hydrogen) atoms. The van der Waals surface area contributed by atoms with Crippen LogP contribution in [0.3, 0.4) is 0 Å². The highest BCUT2D eigenvalue weighted by Crippen LogP contribution is 2.55. The maximum absolute atomic E-state index is 12.4. The number of ether oxygens (including phenoxy) is 1. The van der Waals surface area contributed by atoms with E-state index in [1.807, 2.05) is 7.05 Å². The van der Waals surface area contributed by atoms with Gasteiger partial charge < -0.3 is 9.30 Å². The number of hydrogen-bond donors (Lipinski definition) is 0. The van der Waals surface area contributed by atoms with Crippen molar-refractivity contribution in [3.05, 3.63) is 40.2 Å². The summed E-state index contributed by atoms with van der Waals surface area (Å²) < 4.78 is 8.11. The SMILES string of the molecule is Cn1ccc(=O)c2c(OC3C(C)(C)CC3(C)C)ccc(C#N)c21. The van der Waals surface area contributed by atoms with Gasteiger partial charge in [-0.05, 0) is 18.6 Å². The zero-order valence-electron chi connectivity index (χ0n) is 14.3. The molecule has 1 heterocycles. The Morgan fingerprint density at radius 2 is 1.87 bits per heavy atom. The molecule has 0 unspecified atom stereocenters. The molecule has 0 N–H and O–H groups in total. The number of hydrogen-bond acceptors (Lipinski definition) is 3. The molecule has 4 heteroatoms. The Hall–Kier alpha value is -2.28. The van der Waals surface area contributed by atoms with Crippen molar-refractivity contribution < 1.29 is 4.74 Å². The first kappa shape index (κ1) is 15.6. The van der Waals surface area contributed by atoms with Crippen LogP contribution in [0.25, 0.3) is 10.9 Å². The summed E-state index contributed by atoms with van der Waals surface area (Å²) in [6, 6.07) is 7.17. The van der Waals surface area contributed by atoms with Crippen molar-refractivity contribution in [2.75, 3.05) is 0 Å². The molecule has 0 bridgehead atoms. The Labute approximate surface area is 136 Å². The normalized spacial score (nSPS) is 19.1. The van der Waals surface area contributed by atoms with Crippen LogP contribution in [0.2, 0.25) is 0 Å². The van der Waals surface area contributed by atoms with Crippen molar-refractivity contribution >= 4 is 10.9 Å². The van der Waals surface area contributed by atoms with Crippen LogP contribution >= 0.6 is 0 Å². The monoisotopic (exact) mass is 310 g/mol. The average molecular weight is 310 g/mol. The molecule has 1 aliphatic carbocycles. The van der Waals surface area contributed by atoms with Gasteiger partial charge >= 0.3 is 0 Å². The van der Waals surface area contributed by atoms with Crippen LogP contribution in [-0.4, -0.2) is 10.7 Å². The van der Waals surface area contributed by atoms with Crippen LogP contribution in [0.1, 0.15) is 39.7 Å². The molecule has 1 aromatic carbocycles. The van der Waals surface area contributed by atoms with E-state index >= 15 is 0 Å². The molecule has 0 saturated heterocycles. The highest BCUT2D eigenvalue weighted by atomic mass is 16.5. The van der Waals surface area contributed by atoms with Crippen molar-refractivity contribution in [2.24, 2.45) is 17.9 Å². The molecular weight excluding hydrogens is 288 g/mol. The van der Waals surface area contributed by atoms with Gasteiger partial charge in [0.15, 0.2) is 5.43 Å². The predicted molar refractivity (Wildman–Crippen MR) is 90.5 cm³/mol. The number of nitriles is 1. The van der Waals surface area contributed by atoms with Gasteiger partial charge in [-0.25, -0.2) is 0 Å². The predicted octanol–water partition coefficient (Wildman–Crippen LogP) is 3.61. The molecule has 3 rings (SSSR count). The van der Waals surface area contributed by atoms with Crippen molar-refractivity contribution in [2.45, 2.75) is 40.2 Å². The second-order valence-corrected chi connectivity index (χ2v) is 7.89. The Kier molecular flexibility index (Phi) is 3.30. The van der Waals surface area contributed by atoms with Gasteiger partial charge in [0.1, 0.15) is 17.9 Å². The third-order valence-electron chi connectivity index (χ3n) is 4.88. The quantitative estimate of drug-likeness (QED) is 0.851. The van der Waals surface area contributed by atoms with Crippen LogP contribution in [0.4, 0.5) is 0 Å². The zero-order chi connectivity index (χ0) is 17.0. The topological polar surface area (TPSA) is 55.0 Å². The Morgan fingerprint density at radius 3 is 2.43 bits per heavy atom. The summed E-state index contributed by atoms with van der Waals surface area (Å²) in [6.07, 6.45) is 2.81. The molecule has 1 aromatic heterocycles. The lowest BCUT2D eigenvalue weighted by molar-refractivity contribution is -0.133. The van der Waals surface area contributed by atoms with Crippen molar-refractivity contribution in [1.82, 2.24) is 4.57 Å². The second kappa shape index (κ2) is 4.86. The van der Waals surface area contributed by atoms with Crippen LogP contribution < -0.4 is 10.2 Å². The summed E-state index contributed by atoms with van der Waals surface area (Å²) in [5.41, 5.74) is 1.15. The number of fused-ring (bicyclic) bond motifs is 1. The fourth-order valence-corrected chi connectivity index (χ4v) is 4.44. The molecule has 2 aromatic rings. The standard InChI is InChI=1S/C19H22N2O2/c1-18(2)11-19(3,4)17(18)23-14-7-6-12(10-20)16-15(14)13(22)8-9-21(16)5/h6-9,17H,11H2,1-5H3. The highest BCUT2D eigenvalue weighted by molar-refractivity contribution is 5.89. The Morgan fingerprint density at radius 1 is 1.22 bits per heavy atom. The number of pyridine rings is 1. The van der Waals surface area contributed by atoms with E-state index in [0.717, 1.165) is 6.42 Å². The molecule has 0 amide bonds. The minimum Gasteiger partial charge on any atom is -0.488 e. The molecule has 0 atom stereocenters. The first-order valence-electron chi connectivity index (χ1n) is 7.86. The highest BCUT2D eigenvalue weighted by Gasteiger charge is 2.55. The second-order valence-electron chi connectivity index (χ2n) is 7.89. The molecule has 4 nitrogen and oxygen atoms in total. The number of rotatable bonds is 2. The molecule has 0 radical (unpaired) electrons. The van der Waals surface area contributed by atoms with Crippen molar-refractivity contribution in [1.29, 1.82) is 5.26 Å². The van der Waals surface area contributed by atoms with Crippen LogP contribution in [0.5, 0.6) is 5.75 Å². The van der Waals surface area contributed by atoms with E-state index in [4.69, 9.17) is 4.74 Å². The number of nitrogens with zero attached hydrogens (tertiary/aromatic N) is 2. The molecule has 120 valence electrons. The summed E-state index contributed by atoms with van der Waals surface area (Å²) in [5, 5.41) is 9.83. The fourth-order valence-electron chi connectivity index (χ4n) is 4.44. The minimum absolute atomic E-state index is 0.0380. The van der Waals surface area contributed by atoms with Crippen LogP contribution in [-0.2, 0) is 7.05 Å². The van der Waals surface area contributed by atoms with E-state index in [1.54, 1.807) is 22.9 Å². The van der Waals surface area contributed by atoms with Gasteiger partial charge in [0, 0.05) is 30.1 Å². The van der Waals surface area contributed by atoms with E-state index in [0.29, 0.717) is 22.2 Å². The summed E-state index contributed by atoms with van der Waals surface area (Å²) in [6.45, 7) is 8.75. The van der Waals surface area contributed by atoms with Gasteiger partial charge in [-0.1, -0.05) is 27.7 Å². The third kappa shape index (κ3) is 2.31. The van der Waals surface area contributed by atoms with Gasteiger partial charge in [0.2, 0.25) is 0 Å². The smallest absolute Gasteiger partial charge is 0.193 e. The van der Waals surface area contributed by atoms with E-state index in [1.165, 1.54) is 6.07 Å². The maximum Gasteiger partial charge on any atom is 0.193 e. The lowest BCUT2D eigenvalue weighted by atomic mass is 9.53. The number of aromatic nitrogens is 1. The van der Waals surface area contributed by atoms with Gasteiger partial charge in [-0.2, -0.15) is 5.26 Å². The van der Waals surface area contributed by atoms with Gasteiger partial charge in [0.25, 0.3) is 0 Å². The van der Waals surface area contributed by atoms with Gasteiger partial charge in [-0.15, -0.1) is 0 Å². The maximum atomic E-state index is 12.4. The lowest BCUT2D eigenvalue weighted by Crippen LogP contribution is -2.58. The number of aryl methyl sites for hydroxylation is 1. The molecular formula is C19H22N2O2. The Bertz CT molecular complexity index is 871.